The zero-order valence-corrected chi connectivity index (χ0v) is 13.0. The zero-order valence-electron chi connectivity index (χ0n) is 13.0. The molecule has 0 bridgehead atoms. The molecule has 0 saturated carbocycles. The van der Waals surface area contributed by atoms with Crippen molar-refractivity contribution >= 4 is 5.69 Å². The van der Waals surface area contributed by atoms with Gasteiger partial charge in [-0.15, -0.1) is 10.2 Å². The lowest BCUT2D eigenvalue weighted by molar-refractivity contribution is 0.485. The second-order valence-corrected chi connectivity index (χ2v) is 5.42. The Balaban J connectivity index is 1.80. The highest BCUT2D eigenvalue weighted by Gasteiger charge is 2.15. The topological polar surface area (TPSA) is 51.0 Å². The molecule has 1 unspecified atom stereocenters. The molecule has 0 aliphatic heterocycles. The molecule has 4 nitrogen and oxygen atoms in total. The Morgan fingerprint density at radius 2 is 1.73 bits per heavy atom. The molecule has 0 aliphatic rings. The Hall–Kier alpha value is -2.62. The van der Waals surface area contributed by atoms with E-state index in [-0.39, 0.29) is 6.04 Å². The number of anilines is 1. The second kappa shape index (κ2) is 6.02. The van der Waals surface area contributed by atoms with Crippen molar-refractivity contribution in [2.24, 2.45) is 0 Å². The number of nitrogens with one attached hydrogen (secondary N) is 1. The summed E-state index contributed by atoms with van der Waals surface area (Å²) < 4.78 is 5.79. The predicted molar refractivity (Wildman–Crippen MR) is 87.7 cm³/mol. The van der Waals surface area contributed by atoms with Gasteiger partial charge in [0.2, 0.25) is 11.8 Å². The first-order valence-corrected chi connectivity index (χ1v) is 7.36. The van der Waals surface area contributed by atoms with Crippen LogP contribution in [-0.4, -0.2) is 10.2 Å². The Morgan fingerprint density at radius 1 is 0.955 bits per heavy atom. The van der Waals surface area contributed by atoms with Crippen LogP contribution in [0.5, 0.6) is 0 Å². The number of nitrogens with zero attached hydrogens (tertiary/aromatic N) is 2. The van der Waals surface area contributed by atoms with Gasteiger partial charge in [0.15, 0.2) is 0 Å². The Kier molecular flexibility index (Phi) is 3.92. The van der Waals surface area contributed by atoms with Gasteiger partial charge in [0.05, 0.1) is 0 Å². The molecule has 1 N–H and O–H groups in total. The molecule has 22 heavy (non-hydrogen) atoms. The summed E-state index contributed by atoms with van der Waals surface area (Å²) in [7, 11) is 0. The standard InChI is InChI=1S/C18H19N3O/c1-12-8-7-11-16(13(12)2)19-14(3)17-20-21-18(22-17)15-9-5-4-6-10-15/h4-11,14,19H,1-3H3. The zero-order chi connectivity index (χ0) is 15.5. The van der Waals surface area contributed by atoms with Crippen molar-refractivity contribution < 1.29 is 4.42 Å². The summed E-state index contributed by atoms with van der Waals surface area (Å²) in [6.07, 6.45) is 0. The van der Waals surface area contributed by atoms with Crippen LogP contribution in [0.25, 0.3) is 11.5 Å². The monoisotopic (exact) mass is 293 g/mol. The SMILES string of the molecule is Cc1cccc(NC(C)c2nnc(-c3ccccc3)o2)c1C. The van der Waals surface area contributed by atoms with Crippen molar-refractivity contribution in [2.75, 3.05) is 5.32 Å². The molecule has 3 rings (SSSR count). The molecule has 3 aromatic rings. The molecule has 0 radical (unpaired) electrons. The van der Waals surface area contributed by atoms with Crippen molar-refractivity contribution in [1.29, 1.82) is 0 Å². The molecule has 4 heteroatoms. The third-order valence-electron chi connectivity index (χ3n) is 3.81. The number of aryl methyl sites for hydroxylation is 1. The predicted octanol–water partition coefficient (Wildman–Crippen LogP) is 4.53. The van der Waals surface area contributed by atoms with Crippen LogP contribution < -0.4 is 5.32 Å². The van der Waals surface area contributed by atoms with E-state index in [1.54, 1.807) is 0 Å². The van der Waals surface area contributed by atoms with Crippen LogP contribution in [0.4, 0.5) is 5.69 Å². The van der Waals surface area contributed by atoms with Crippen molar-refractivity contribution in [2.45, 2.75) is 26.8 Å². The molecule has 1 aromatic heterocycles. The van der Waals surface area contributed by atoms with Gasteiger partial charge in [-0.05, 0) is 50.1 Å². The maximum Gasteiger partial charge on any atom is 0.247 e. The summed E-state index contributed by atoms with van der Waals surface area (Å²) in [6, 6.07) is 15.9. The first kappa shape index (κ1) is 14.3. The van der Waals surface area contributed by atoms with Crippen molar-refractivity contribution in [3.8, 4) is 11.5 Å². The van der Waals surface area contributed by atoms with E-state index in [0.29, 0.717) is 11.8 Å². The summed E-state index contributed by atoms with van der Waals surface area (Å²) in [4.78, 5) is 0. The van der Waals surface area contributed by atoms with Crippen LogP contribution in [0.2, 0.25) is 0 Å². The summed E-state index contributed by atoms with van der Waals surface area (Å²) in [6.45, 7) is 6.23. The van der Waals surface area contributed by atoms with E-state index in [1.165, 1.54) is 11.1 Å². The van der Waals surface area contributed by atoms with Gasteiger partial charge in [-0.2, -0.15) is 0 Å². The molecule has 0 aliphatic carbocycles. The molecule has 1 atom stereocenters. The van der Waals surface area contributed by atoms with Gasteiger partial charge in [0, 0.05) is 11.3 Å². The van der Waals surface area contributed by atoms with E-state index < -0.39 is 0 Å². The summed E-state index contributed by atoms with van der Waals surface area (Å²) in [5, 5.41) is 11.7. The van der Waals surface area contributed by atoms with Gasteiger partial charge < -0.3 is 9.73 Å². The second-order valence-electron chi connectivity index (χ2n) is 5.42. The molecule has 1 heterocycles. The highest BCUT2D eigenvalue weighted by molar-refractivity contribution is 5.55. The smallest absolute Gasteiger partial charge is 0.247 e. The maximum atomic E-state index is 5.79. The van der Waals surface area contributed by atoms with E-state index in [1.807, 2.05) is 43.3 Å². The van der Waals surface area contributed by atoms with E-state index in [9.17, 15) is 0 Å². The average molecular weight is 293 g/mol. The van der Waals surface area contributed by atoms with Crippen LogP contribution in [0.15, 0.2) is 52.9 Å². The number of aromatic nitrogens is 2. The molecule has 0 fully saturated rings. The van der Waals surface area contributed by atoms with Crippen molar-refractivity contribution in [3.63, 3.8) is 0 Å². The first-order valence-electron chi connectivity index (χ1n) is 7.36. The molecule has 2 aromatic carbocycles. The van der Waals surface area contributed by atoms with Gasteiger partial charge in [-0.3, -0.25) is 0 Å². The number of benzene rings is 2. The molecule has 0 spiro atoms. The van der Waals surface area contributed by atoms with Crippen LogP contribution in [-0.2, 0) is 0 Å². The Labute approximate surface area is 130 Å². The maximum absolute atomic E-state index is 5.79. The minimum Gasteiger partial charge on any atom is -0.418 e. The number of hydrogen-bond acceptors (Lipinski definition) is 4. The fraction of sp³-hybridized carbons (Fsp3) is 0.222. The minimum atomic E-state index is -0.0505. The van der Waals surface area contributed by atoms with E-state index in [2.05, 4.69) is 41.5 Å². The third kappa shape index (κ3) is 2.86. The van der Waals surface area contributed by atoms with Crippen LogP contribution in [0.1, 0.15) is 30.0 Å². The first-order chi connectivity index (χ1) is 10.6. The number of rotatable bonds is 4. The lowest BCUT2D eigenvalue weighted by atomic mass is 10.1. The summed E-state index contributed by atoms with van der Waals surface area (Å²) in [5.74, 6) is 1.13. The fourth-order valence-electron chi connectivity index (χ4n) is 2.31. The van der Waals surface area contributed by atoms with Crippen LogP contribution in [0, 0.1) is 13.8 Å². The van der Waals surface area contributed by atoms with Gasteiger partial charge in [0.1, 0.15) is 6.04 Å². The normalized spacial score (nSPS) is 12.1. The lowest BCUT2D eigenvalue weighted by Crippen LogP contribution is -2.08. The van der Waals surface area contributed by atoms with Gasteiger partial charge in [-0.1, -0.05) is 30.3 Å². The Morgan fingerprint density at radius 3 is 2.50 bits per heavy atom. The van der Waals surface area contributed by atoms with Gasteiger partial charge in [0.25, 0.3) is 0 Å². The van der Waals surface area contributed by atoms with Crippen LogP contribution >= 0.6 is 0 Å². The van der Waals surface area contributed by atoms with Crippen LogP contribution in [0.3, 0.4) is 0 Å². The molecule has 0 saturated heterocycles. The van der Waals surface area contributed by atoms with Crippen molar-refractivity contribution in [3.05, 3.63) is 65.5 Å². The van der Waals surface area contributed by atoms with Gasteiger partial charge >= 0.3 is 0 Å². The quantitative estimate of drug-likeness (QED) is 0.768. The third-order valence-corrected chi connectivity index (χ3v) is 3.81. The molecule has 0 amide bonds. The molecule has 112 valence electrons. The van der Waals surface area contributed by atoms with E-state index in [4.69, 9.17) is 4.42 Å². The largest absolute Gasteiger partial charge is 0.418 e. The fourth-order valence-corrected chi connectivity index (χ4v) is 2.31. The van der Waals surface area contributed by atoms with Crippen molar-refractivity contribution in [1.82, 2.24) is 10.2 Å². The highest BCUT2D eigenvalue weighted by Crippen LogP contribution is 2.25. The molecular formula is C18H19N3O. The average Bonchev–Trinajstić information content (AvgIpc) is 3.03. The summed E-state index contributed by atoms with van der Waals surface area (Å²) >= 11 is 0. The number of hydrogen-bond donors (Lipinski definition) is 1. The lowest BCUT2D eigenvalue weighted by Gasteiger charge is -2.15. The van der Waals surface area contributed by atoms with E-state index in [0.717, 1.165) is 11.3 Å². The van der Waals surface area contributed by atoms with Gasteiger partial charge in [-0.25, -0.2) is 0 Å². The van der Waals surface area contributed by atoms with E-state index >= 15 is 0 Å². The Bertz CT molecular complexity index is 765. The summed E-state index contributed by atoms with van der Waals surface area (Å²) in [5.41, 5.74) is 4.51. The molecular weight excluding hydrogens is 274 g/mol. The highest BCUT2D eigenvalue weighted by atomic mass is 16.4. The minimum absolute atomic E-state index is 0.0505.